The molecule has 16 heavy (non-hydrogen) atoms. The minimum Gasteiger partial charge on any atom is -0.336 e. The highest BCUT2D eigenvalue weighted by Crippen LogP contribution is 2.11. The first-order valence-electron chi connectivity index (χ1n) is 5.85. The lowest BCUT2D eigenvalue weighted by Gasteiger charge is -2.27. The van der Waals surface area contributed by atoms with Gasteiger partial charge in [-0.15, -0.1) is 0 Å². The van der Waals surface area contributed by atoms with Crippen LogP contribution in [0.3, 0.4) is 0 Å². The van der Waals surface area contributed by atoms with Gasteiger partial charge in [-0.2, -0.15) is 5.10 Å². The summed E-state index contributed by atoms with van der Waals surface area (Å²) in [6.07, 6.45) is 3.55. The van der Waals surface area contributed by atoms with E-state index in [1.165, 1.54) is 0 Å². The maximum atomic E-state index is 12.2. The van der Waals surface area contributed by atoms with Crippen LogP contribution in [0.15, 0.2) is 6.20 Å². The molecule has 0 unspecified atom stereocenters. The monoisotopic (exact) mass is 222 g/mol. The molecule has 0 atom stereocenters. The molecule has 1 aromatic heterocycles. The molecule has 2 rings (SSSR count). The molecule has 0 saturated carbocycles. The number of H-pyrrole nitrogens is 1. The third-order valence-electron chi connectivity index (χ3n) is 2.85. The minimum absolute atomic E-state index is 0.110. The zero-order chi connectivity index (χ0) is 11.4. The number of carbonyl (C=O) groups is 1. The van der Waals surface area contributed by atoms with Crippen LogP contribution < -0.4 is 5.32 Å². The van der Waals surface area contributed by atoms with Crippen LogP contribution in [0.4, 0.5) is 0 Å². The molecule has 1 saturated heterocycles. The largest absolute Gasteiger partial charge is 0.336 e. The van der Waals surface area contributed by atoms with E-state index in [4.69, 9.17) is 0 Å². The van der Waals surface area contributed by atoms with Crippen LogP contribution in [0.2, 0.25) is 0 Å². The summed E-state index contributed by atoms with van der Waals surface area (Å²) in [5, 5.41) is 10.1. The molecule has 0 bridgehead atoms. The normalized spacial score (nSPS) is 16.4. The standard InChI is InChI=1S/C11H18N4O/c1-2-3-10-9(8-13-14-10)11(16)15-6-4-12-5-7-15/h8,12H,2-7H2,1H3,(H,13,14). The molecule has 2 heterocycles. The van der Waals surface area contributed by atoms with Crippen molar-refractivity contribution < 1.29 is 4.79 Å². The highest BCUT2D eigenvalue weighted by Gasteiger charge is 2.21. The van der Waals surface area contributed by atoms with Crippen molar-refractivity contribution in [2.75, 3.05) is 26.2 Å². The fourth-order valence-corrected chi connectivity index (χ4v) is 1.98. The molecular weight excluding hydrogens is 204 g/mol. The second kappa shape index (κ2) is 5.12. The van der Waals surface area contributed by atoms with Gasteiger partial charge in [0.15, 0.2) is 0 Å². The van der Waals surface area contributed by atoms with Crippen molar-refractivity contribution in [3.63, 3.8) is 0 Å². The molecule has 0 aliphatic carbocycles. The van der Waals surface area contributed by atoms with Gasteiger partial charge in [-0.1, -0.05) is 13.3 Å². The molecular formula is C11H18N4O. The van der Waals surface area contributed by atoms with Crippen LogP contribution in [0.5, 0.6) is 0 Å². The van der Waals surface area contributed by atoms with E-state index < -0.39 is 0 Å². The number of nitrogens with one attached hydrogen (secondary N) is 2. The predicted octanol–water partition coefficient (Wildman–Crippen LogP) is 0.408. The zero-order valence-electron chi connectivity index (χ0n) is 9.62. The summed E-state index contributed by atoms with van der Waals surface area (Å²) < 4.78 is 0. The second-order valence-electron chi connectivity index (χ2n) is 4.05. The number of aryl methyl sites for hydroxylation is 1. The van der Waals surface area contributed by atoms with E-state index in [1.54, 1.807) is 6.20 Å². The number of hydrogen-bond donors (Lipinski definition) is 2. The average Bonchev–Trinajstić information content (AvgIpc) is 2.78. The Hall–Kier alpha value is -1.36. The van der Waals surface area contributed by atoms with E-state index in [9.17, 15) is 4.79 Å². The SMILES string of the molecule is CCCc1[nH]ncc1C(=O)N1CCNCC1. The van der Waals surface area contributed by atoms with E-state index in [0.717, 1.165) is 50.3 Å². The molecule has 1 aliphatic rings. The molecule has 1 aromatic rings. The summed E-state index contributed by atoms with van der Waals surface area (Å²) in [6, 6.07) is 0. The molecule has 5 heteroatoms. The summed E-state index contributed by atoms with van der Waals surface area (Å²) >= 11 is 0. The second-order valence-corrected chi connectivity index (χ2v) is 4.05. The Morgan fingerprint density at radius 3 is 2.94 bits per heavy atom. The summed E-state index contributed by atoms with van der Waals surface area (Å²) in [7, 11) is 0. The topological polar surface area (TPSA) is 61.0 Å². The van der Waals surface area contributed by atoms with Gasteiger partial charge in [0, 0.05) is 31.9 Å². The maximum Gasteiger partial charge on any atom is 0.257 e. The molecule has 2 N–H and O–H groups in total. The lowest BCUT2D eigenvalue weighted by molar-refractivity contribution is 0.0735. The third-order valence-corrected chi connectivity index (χ3v) is 2.85. The van der Waals surface area contributed by atoms with E-state index in [2.05, 4.69) is 22.4 Å². The number of rotatable bonds is 3. The molecule has 88 valence electrons. The Balaban J connectivity index is 2.09. The fraction of sp³-hybridized carbons (Fsp3) is 0.636. The number of aromatic amines is 1. The quantitative estimate of drug-likeness (QED) is 0.778. The van der Waals surface area contributed by atoms with Gasteiger partial charge in [-0.3, -0.25) is 9.89 Å². The molecule has 5 nitrogen and oxygen atoms in total. The Labute approximate surface area is 95.2 Å². The van der Waals surface area contributed by atoms with Gasteiger partial charge < -0.3 is 10.2 Å². The number of carbonyl (C=O) groups excluding carboxylic acids is 1. The van der Waals surface area contributed by atoms with Gasteiger partial charge in [0.2, 0.25) is 0 Å². The third kappa shape index (κ3) is 2.24. The van der Waals surface area contributed by atoms with Crippen LogP contribution in [-0.2, 0) is 6.42 Å². The Morgan fingerprint density at radius 2 is 2.25 bits per heavy atom. The van der Waals surface area contributed by atoms with E-state index in [1.807, 2.05) is 4.90 Å². The summed E-state index contributed by atoms with van der Waals surface area (Å²) in [5.41, 5.74) is 1.70. The Bertz CT molecular complexity index is 355. The number of hydrogen-bond acceptors (Lipinski definition) is 3. The zero-order valence-corrected chi connectivity index (χ0v) is 9.62. The van der Waals surface area contributed by atoms with Crippen molar-refractivity contribution >= 4 is 5.91 Å². The Morgan fingerprint density at radius 1 is 1.50 bits per heavy atom. The highest BCUT2D eigenvalue weighted by atomic mass is 16.2. The molecule has 1 amide bonds. The van der Waals surface area contributed by atoms with Gasteiger partial charge in [0.25, 0.3) is 5.91 Å². The smallest absolute Gasteiger partial charge is 0.257 e. The first kappa shape index (κ1) is 11.1. The lowest BCUT2D eigenvalue weighted by Crippen LogP contribution is -2.46. The van der Waals surface area contributed by atoms with Gasteiger partial charge >= 0.3 is 0 Å². The van der Waals surface area contributed by atoms with Gasteiger partial charge in [-0.25, -0.2) is 0 Å². The number of amides is 1. The predicted molar refractivity (Wildman–Crippen MR) is 61.4 cm³/mol. The number of aromatic nitrogens is 2. The van der Waals surface area contributed by atoms with E-state index in [0.29, 0.717) is 0 Å². The van der Waals surface area contributed by atoms with Crippen molar-refractivity contribution in [3.05, 3.63) is 17.5 Å². The van der Waals surface area contributed by atoms with Crippen LogP contribution in [0.1, 0.15) is 29.4 Å². The lowest BCUT2D eigenvalue weighted by atomic mass is 10.1. The number of piperazine rings is 1. The van der Waals surface area contributed by atoms with E-state index in [-0.39, 0.29) is 5.91 Å². The summed E-state index contributed by atoms with van der Waals surface area (Å²) in [4.78, 5) is 14.1. The molecule has 1 fully saturated rings. The van der Waals surface area contributed by atoms with Gasteiger partial charge in [-0.05, 0) is 6.42 Å². The minimum atomic E-state index is 0.110. The summed E-state index contributed by atoms with van der Waals surface area (Å²) in [5.74, 6) is 0.110. The van der Waals surface area contributed by atoms with Crippen molar-refractivity contribution in [2.45, 2.75) is 19.8 Å². The molecule has 1 aliphatic heterocycles. The van der Waals surface area contributed by atoms with Crippen molar-refractivity contribution in [1.29, 1.82) is 0 Å². The van der Waals surface area contributed by atoms with E-state index >= 15 is 0 Å². The Kier molecular flexibility index (Phi) is 3.56. The average molecular weight is 222 g/mol. The van der Waals surface area contributed by atoms with Crippen molar-refractivity contribution in [3.8, 4) is 0 Å². The fourth-order valence-electron chi connectivity index (χ4n) is 1.98. The van der Waals surface area contributed by atoms with Gasteiger partial charge in [0.1, 0.15) is 0 Å². The summed E-state index contributed by atoms with van der Waals surface area (Å²) in [6.45, 7) is 5.43. The molecule has 0 aromatic carbocycles. The van der Waals surface area contributed by atoms with Crippen molar-refractivity contribution in [1.82, 2.24) is 20.4 Å². The van der Waals surface area contributed by atoms with Crippen LogP contribution in [0, 0.1) is 0 Å². The maximum absolute atomic E-state index is 12.2. The van der Waals surface area contributed by atoms with Crippen molar-refractivity contribution in [2.24, 2.45) is 0 Å². The van der Waals surface area contributed by atoms with Crippen LogP contribution in [-0.4, -0.2) is 47.2 Å². The first-order chi connectivity index (χ1) is 7.83. The van der Waals surface area contributed by atoms with Crippen LogP contribution >= 0.6 is 0 Å². The number of nitrogens with zero attached hydrogens (tertiary/aromatic N) is 2. The van der Waals surface area contributed by atoms with Crippen LogP contribution in [0.25, 0.3) is 0 Å². The van der Waals surface area contributed by atoms with Gasteiger partial charge in [0.05, 0.1) is 11.8 Å². The molecule has 0 radical (unpaired) electrons. The molecule has 0 spiro atoms. The first-order valence-corrected chi connectivity index (χ1v) is 5.85. The highest BCUT2D eigenvalue weighted by molar-refractivity contribution is 5.95.